The van der Waals surface area contributed by atoms with Gasteiger partial charge >= 0.3 is 0 Å². The van der Waals surface area contributed by atoms with Crippen LogP contribution in [0.2, 0.25) is 0 Å². The summed E-state index contributed by atoms with van der Waals surface area (Å²) in [6.07, 6.45) is 10.1. The number of piperidine rings is 1. The van der Waals surface area contributed by atoms with Gasteiger partial charge in [0.25, 0.3) is 0 Å². The SMILES string of the molecule is c1cc(N2CCC(c3ncc4n3CCCC4)CC2)nc(N2CCOCC2)n1. The molecule has 0 spiro atoms. The van der Waals surface area contributed by atoms with Gasteiger partial charge in [0.05, 0.1) is 13.2 Å². The van der Waals surface area contributed by atoms with Gasteiger partial charge in [-0.05, 0) is 38.2 Å². The maximum absolute atomic E-state index is 5.44. The maximum atomic E-state index is 5.44. The van der Waals surface area contributed by atoms with Crippen LogP contribution in [0.25, 0.3) is 0 Å². The van der Waals surface area contributed by atoms with Crippen molar-refractivity contribution in [3.8, 4) is 0 Å². The fourth-order valence-corrected chi connectivity index (χ4v) is 4.58. The number of ether oxygens (including phenoxy) is 1. The predicted octanol–water partition coefficient (Wildman–Crippen LogP) is 2.23. The number of nitrogens with zero attached hydrogens (tertiary/aromatic N) is 6. The summed E-state index contributed by atoms with van der Waals surface area (Å²) >= 11 is 0. The zero-order valence-electron chi connectivity index (χ0n) is 15.9. The molecule has 27 heavy (non-hydrogen) atoms. The minimum absolute atomic E-state index is 0.577. The number of morpholine rings is 1. The second kappa shape index (κ2) is 7.46. The van der Waals surface area contributed by atoms with Crippen LogP contribution in [-0.4, -0.2) is 58.9 Å². The summed E-state index contributed by atoms with van der Waals surface area (Å²) in [4.78, 5) is 18.7. The van der Waals surface area contributed by atoms with E-state index in [4.69, 9.17) is 14.7 Å². The summed E-state index contributed by atoms with van der Waals surface area (Å²) in [5.41, 5.74) is 1.43. The lowest BCUT2D eigenvalue weighted by Gasteiger charge is -2.34. The molecule has 7 heteroatoms. The molecule has 0 saturated carbocycles. The lowest BCUT2D eigenvalue weighted by molar-refractivity contribution is 0.122. The van der Waals surface area contributed by atoms with E-state index in [9.17, 15) is 0 Å². The van der Waals surface area contributed by atoms with E-state index >= 15 is 0 Å². The molecule has 0 bridgehead atoms. The van der Waals surface area contributed by atoms with E-state index in [1.165, 1.54) is 30.8 Å². The lowest BCUT2D eigenvalue weighted by Crippen LogP contribution is -2.38. The van der Waals surface area contributed by atoms with Gasteiger partial charge in [0, 0.05) is 56.7 Å². The molecule has 0 unspecified atom stereocenters. The molecule has 5 heterocycles. The van der Waals surface area contributed by atoms with Gasteiger partial charge in [-0.1, -0.05) is 0 Å². The topological polar surface area (TPSA) is 59.3 Å². The highest BCUT2D eigenvalue weighted by Gasteiger charge is 2.27. The zero-order chi connectivity index (χ0) is 18.1. The highest BCUT2D eigenvalue weighted by molar-refractivity contribution is 5.44. The van der Waals surface area contributed by atoms with Crippen LogP contribution in [-0.2, 0) is 17.7 Å². The second-order valence-electron chi connectivity index (χ2n) is 7.79. The Morgan fingerprint density at radius 2 is 1.78 bits per heavy atom. The molecule has 2 aromatic rings. The minimum atomic E-state index is 0.577. The first-order chi connectivity index (χ1) is 13.4. The fourth-order valence-electron chi connectivity index (χ4n) is 4.58. The molecule has 7 nitrogen and oxygen atoms in total. The molecule has 2 saturated heterocycles. The molecule has 2 fully saturated rings. The Hall–Kier alpha value is -2.15. The summed E-state index contributed by atoms with van der Waals surface area (Å²) in [7, 11) is 0. The molecule has 144 valence electrons. The van der Waals surface area contributed by atoms with Gasteiger partial charge in [0.15, 0.2) is 0 Å². The van der Waals surface area contributed by atoms with Gasteiger partial charge in [-0.2, -0.15) is 4.98 Å². The van der Waals surface area contributed by atoms with Gasteiger partial charge in [-0.3, -0.25) is 0 Å². The van der Waals surface area contributed by atoms with Crippen LogP contribution in [0.15, 0.2) is 18.5 Å². The summed E-state index contributed by atoms with van der Waals surface area (Å²) in [6, 6.07) is 2.04. The Morgan fingerprint density at radius 3 is 2.63 bits per heavy atom. The average Bonchev–Trinajstić information content (AvgIpc) is 3.19. The summed E-state index contributed by atoms with van der Waals surface area (Å²) in [5, 5.41) is 0. The maximum Gasteiger partial charge on any atom is 0.227 e. The molecular formula is C20H28N6O. The Bertz CT molecular complexity index is 777. The number of anilines is 2. The van der Waals surface area contributed by atoms with Gasteiger partial charge in [-0.25, -0.2) is 9.97 Å². The van der Waals surface area contributed by atoms with Crippen molar-refractivity contribution in [2.24, 2.45) is 0 Å². The quantitative estimate of drug-likeness (QED) is 0.828. The van der Waals surface area contributed by atoms with Crippen LogP contribution in [0.1, 0.15) is 43.1 Å². The van der Waals surface area contributed by atoms with Crippen molar-refractivity contribution in [1.29, 1.82) is 0 Å². The molecule has 2 aromatic heterocycles. The van der Waals surface area contributed by atoms with Crippen molar-refractivity contribution >= 4 is 11.8 Å². The Kier molecular flexibility index (Phi) is 4.69. The van der Waals surface area contributed by atoms with Crippen LogP contribution < -0.4 is 9.80 Å². The molecular weight excluding hydrogens is 340 g/mol. The Morgan fingerprint density at radius 1 is 0.926 bits per heavy atom. The van der Waals surface area contributed by atoms with E-state index in [-0.39, 0.29) is 0 Å². The number of fused-ring (bicyclic) bond motifs is 1. The molecule has 0 amide bonds. The number of aryl methyl sites for hydroxylation is 1. The molecule has 0 aliphatic carbocycles. The second-order valence-corrected chi connectivity index (χ2v) is 7.79. The Labute approximate surface area is 160 Å². The summed E-state index contributed by atoms with van der Waals surface area (Å²) in [5.74, 6) is 3.78. The third-order valence-electron chi connectivity index (χ3n) is 6.14. The molecule has 3 aliphatic heterocycles. The van der Waals surface area contributed by atoms with Crippen LogP contribution in [0, 0.1) is 0 Å². The van der Waals surface area contributed by atoms with Crippen LogP contribution in [0.5, 0.6) is 0 Å². The first-order valence-corrected chi connectivity index (χ1v) is 10.3. The van der Waals surface area contributed by atoms with Crippen molar-refractivity contribution in [2.75, 3.05) is 49.2 Å². The van der Waals surface area contributed by atoms with Crippen molar-refractivity contribution in [2.45, 2.75) is 44.6 Å². The van der Waals surface area contributed by atoms with Crippen molar-refractivity contribution in [3.05, 3.63) is 30.0 Å². The first-order valence-electron chi connectivity index (χ1n) is 10.3. The Balaban J connectivity index is 1.26. The van der Waals surface area contributed by atoms with Crippen molar-refractivity contribution < 1.29 is 4.74 Å². The van der Waals surface area contributed by atoms with Gasteiger partial charge in [0.1, 0.15) is 11.6 Å². The van der Waals surface area contributed by atoms with Crippen molar-refractivity contribution in [1.82, 2.24) is 19.5 Å². The van der Waals surface area contributed by atoms with Crippen LogP contribution in [0.4, 0.5) is 11.8 Å². The van der Waals surface area contributed by atoms with Gasteiger partial charge in [-0.15, -0.1) is 0 Å². The van der Waals surface area contributed by atoms with Crippen molar-refractivity contribution in [3.63, 3.8) is 0 Å². The number of hydrogen-bond donors (Lipinski definition) is 0. The van der Waals surface area contributed by atoms with Crippen LogP contribution >= 0.6 is 0 Å². The zero-order valence-corrected chi connectivity index (χ0v) is 15.9. The van der Waals surface area contributed by atoms with Gasteiger partial charge in [0.2, 0.25) is 5.95 Å². The number of hydrogen-bond acceptors (Lipinski definition) is 6. The molecule has 0 N–H and O–H groups in total. The normalized spacial score (nSPS) is 21.3. The molecule has 0 aromatic carbocycles. The van der Waals surface area contributed by atoms with Crippen LogP contribution in [0.3, 0.4) is 0 Å². The molecule has 3 aliphatic rings. The first kappa shape index (κ1) is 17.0. The highest BCUT2D eigenvalue weighted by atomic mass is 16.5. The summed E-state index contributed by atoms with van der Waals surface area (Å²) < 4.78 is 7.93. The third kappa shape index (κ3) is 3.40. The monoisotopic (exact) mass is 368 g/mol. The molecule has 0 radical (unpaired) electrons. The van der Waals surface area contributed by atoms with Gasteiger partial charge < -0.3 is 19.1 Å². The molecule has 0 atom stereocenters. The summed E-state index contributed by atoms with van der Waals surface area (Å²) in [6.45, 7) is 6.48. The third-order valence-corrected chi connectivity index (χ3v) is 6.14. The number of aromatic nitrogens is 4. The lowest BCUT2D eigenvalue weighted by atomic mass is 9.95. The number of imidazole rings is 1. The van der Waals surface area contributed by atoms with E-state index < -0.39 is 0 Å². The predicted molar refractivity (Wildman–Crippen MR) is 104 cm³/mol. The standard InChI is InChI=1S/C20H28N6O/c1-2-8-26-17(3-1)15-22-19(26)16-5-9-24(10-6-16)18-4-7-21-20(23-18)25-11-13-27-14-12-25/h4,7,15-16H,1-3,5-6,8-14H2. The van der Waals surface area contributed by atoms with E-state index in [1.807, 2.05) is 12.3 Å². The molecule has 5 rings (SSSR count). The fraction of sp³-hybridized carbons (Fsp3) is 0.650. The average molecular weight is 368 g/mol. The van der Waals surface area contributed by atoms with E-state index in [0.29, 0.717) is 5.92 Å². The van der Waals surface area contributed by atoms with E-state index in [2.05, 4.69) is 25.5 Å². The smallest absolute Gasteiger partial charge is 0.227 e. The highest BCUT2D eigenvalue weighted by Crippen LogP contribution is 2.31. The van der Waals surface area contributed by atoms with E-state index in [0.717, 1.165) is 70.5 Å². The largest absolute Gasteiger partial charge is 0.378 e. The van der Waals surface area contributed by atoms with E-state index in [1.54, 1.807) is 0 Å². The number of rotatable bonds is 3. The minimum Gasteiger partial charge on any atom is -0.378 e.